The van der Waals surface area contributed by atoms with Gasteiger partial charge in [0.1, 0.15) is 6.61 Å². The van der Waals surface area contributed by atoms with Crippen LogP contribution in [0.25, 0.3) is 10.1 Å². The van der Waals surface area contributed by atoms with E-state index in [1.54, 1.807) is 0 Å². The number of thiophene rings is 1. The van der Waals surface area contributed by atoms with Crippen LogP contribution >= 0.6 is 22.9 Å². The molecule has 0 saturated carbocycles. The van der Waals surface area contributed by atoms with Crippen molar-refractivity contribution in [1.82, 2.24) is 9.97 Å². The summed E-state index contributed by atoms with van der Waals surface area (Å²) in [6.07, 6.45) is 2.80. The van der Waals surface area contributed by atoms with Crippen LogP contribution in [-0.4, -0.2) is 15.9 Å². The predicted octanol–water partition coefficient (Wildman–Crippen LogP) is 3.28. The van der Waals surface area contributed by atoms with E-state index < -0.39 is 5.97 Å². The maximum Gasteiger partial charge on any atom is 0.361 e. The highest BCUT2D eigenvalue weighted by Gasteiger charge is 2.16. The highest BCUT2D eigenvalue weighted by Crippen LogP contribution is 2.35. The van der Waals surface area contributed by atoms with Crippen molar-refractivity contribution >= 4 is 44.8 Å². The highest BCUT2D eigenvalue weighted by atomic mass is 35.5. The number of halogens is 1. The van der Waals surface area contributed by atoms with Crippen molar-refractivity contribution in [3.05, 3.63) is 52.3 Å². The summed E-state index contributed by atoms with van der Waals surface area (Å²) in [5.74, 6) is -0.570. The van der Waals surface area contributed by atoms with Crippen LogP contribution in [0.15, 0.2) is 36.7 Å². The minimum absolute atomic E-state index is 0.00901. The number of nitrogens with two attached hydrogens (primary N) is 1. The minimum atomic E-state index is -0.617. The Kier molecular flexibility index (Phi) is 3.72. The fourth-order valence-corrected chi connectivity index (χ4v) is 3.26. The molecule has 1 aromatic carbocycles. The third-order valence-electron chi connectivity index (χ3n) is 2.86. The monoisotopic (exact) mass is 319 g/mol. The number of hydrogen-bond donors (Lipinski definition) is 1. The summed E-state index contributed by atoms with van der Waals surface area (Å²) in [5.41, 5.74) is 5.59. The molecule has 0 unspecified atom stereocenters. The molecule has 21 heavy (non-hydrogen) atoms. The van der Waals surface area contributed by atoms with E-state index in [4.69, 9.17) is 22.1 Å². The van der Waals surface area contributed by atoms with E-state index in [2.05, 4.69) is 9.97 Å². The van der Waals surface area contributed by atoms with Crippen molar-refractivity contribution in [2.75, 3.05) is 5.73 Å². The average Bonchev–Trinajstić information content (AvgIpc) is 2.82. The highest BCUT2D eigenvalue weighted by molar-refractivity contribution is 7.19. The predicted molar refractivity (Wildman–Crippen MR) is 82.4 cm³/mol. The number of anilines is 1. The van der Waals surface area contributed by atoms with Gasteiger partial charge >= 0.3 is 5.97 Å². The fraction of sp³-hybridized carbons (Fsp3) is 0.0714. The molecule has 0 atom stereocenters. The van der Waals surface area contributed by atoms with E-state index in [-0.39, 0.29) is 18.1 Å². The van der Waals surface area contributed by atoms with Crippen LogP contribution in [0.4, 0.5) is 5.82 Å². The number of carbonyl (C=O) groups excluding carboxylic acids is 1. The van der Waals surface area contributed by atoms with Crippen LogP contribution in [0.2, 0.25) is 5.02 Å². The van der Waals surface area contributed by atoms with Crippen molar-refractivity contribution in [2.45, 2.75) is 6.61 Å². The summed E-state index contributed by atoms with van der Waals surface area (Å²) in [6.45, 7) is 0.0764. The maximum absolute atomic E-state index is 11.9. The molecule has 0 bridgehead atoms. The van der Waals surface area contributed by atoms with Gasteiger partial charge in [0.25, 0.3) is 0 Å². The summed E-state index contributed by atoms with van der Waals surface area (Å²) >= 11 is 7.77. The van der Waals surface area contributed by atoms with E-state index in [0.717, 1.165) is 15.0 Å². The third-order valence-corrected chi connectivity index (χ3v) is 4.54. The Labute approximate surface area is 129 Å². The van der Waals surface area contributed by atoms with Gasteiger partial charge in [-0.25, -0.2) is 14.8 Å². The van der Waals surface area contributed by atoms with Gasteiger partial charge in [0.05, 0.1) is 9.90 Å². The number of hydrogen-bond acceptors (Lipinski definition) is 6. The molecule has 0 aliphatic rings. The van der Waals surface area contributed by atoms with Gasteiger partial charge in [-0.3, -0.25) is 0 Å². The van der Waals surface area contributed by atoms with Crippen LogP contribution in [0.1, 0.15) is 15.4 Å². The Bertz CT molecular complexity index is 819. The molecule has 106 valence electrons. The normalized spacial score (nSPS) is 10.7. The number of benzene rings is 1. The molecule has 0 saturated heterocycles. The molecule has 3 aromatic rings. The Morgan fingerprint density at radius 3 is 2.81 bits per heavy atom. The van der Waals surface area contributed by atoms with Gasteiger partial charge in [-0.2, -0.15) is 0 Å². The maximum atomic E-state index is 11.9. The van der Waals surface area contributed by atoms with Gasteiger partial charge in [-0.1, -0.05) is 29.8 Å². The van der Waals surface area contributed by atoms with Gasteiger partial charge in [0, 0.05) is 22.5 Å². The number of rotatable bonds is 3. The molecule has 5 nitrogen and oxygen atoms in total. The molecule has 2 aromatic heterocycles. The second kappa shape index (κ2) is 5.67. The average molecular weight is 320 g/mol. The first-order valence-corrected chi connectivity index (χ1v) is 7.26. The first-order valence-electron chi connectivity index (χ1n) is 6.06. The number of nitrogens with zero attached hydrogens (tertiary/aromatic N) is 2. The SMILES string of the molecule is Nc1nccnc1C(=O)OCc1sc2ccccc2c1Cl. The molecule has 0 radical (unpaired) electrons. The Morgan fingerprint density at radius 2 is 2.05 bits per heavy atom. The Balaban J connectivity index is 1.79. The van der Waals surface area contributed by atoms with Crippen LogP contribution in [0, 0.1) is 0 Å². The van der Waals surface area contributed by atoms with Crippen molar-refractivity contribution in [3.63, 3.8) is 0 Å². The van der Waals surface area contributed by atoms with Gasteiger partial charge in [0.15, 0.2) is 11.5 Å². The Morgan fingerprint density at radius 1 is 1.29 bits per heavy atom. The van der Waals surface area contributed by atoms with E-state index >= 15 is 0 Å². The summed E-state index contributed by atoms with van der Waals surface area (Å²) < 4.78 is 6.26. The van der Waals surface area contributed by atoms with E-state index in [0.29, 0.717) is 5.02 Å². The smallest absolute Gasteiger partial charge is 0.361 e. The zero-order chi connectivity index (χ0) is 14.8. The molecule has 0 aliphatic heterocycles. The number of nitrogen functional groups attached to an aromatic ring is 1. The van der Waals surface area contributed by atoms with Crippen LogP contribution in [0.5, 0.6) is 0 Å². The summed E-state index contributed by atoms with van der Waals surface area (Å²) in [7, 11) is 0. The number of ether oxygens (including phenoxy) is 1. The van der Waals surface area contributed by atoms with Crippen LogP contribution in [0.3, 0.4) is 0 Å². The third kappa shape index (κ3) is 2.68. The second-order valence-corrected chi connectivity index (χ2v) is 5.72. The van der Waals surface area contributed by atoms with E-state index in [9.17, 15) is 4.79 Å². The zero-order valence-electron chi connectivity index (χ0n) is 10.7. The summed E-state index contributed by atoms with van der Waals surface area (Å²) in [5, 5.41) is 1.56. The molecule has 0 amide bonds. The van der Waals surface area contributed by atoms with E-state index in [1.807, 2.05) is 24.3 Å². The summed E-state index contributed by atoms with van der Waals surface area (Å²) in [6, 6.07) is 7.75. The molecule has 2 heterocycles. The molecule has 0 fully saturated rings. The first kappa shape index (κ1) is 13.8. The van der Waals surface area contributed by atoms with Crippen molar-refractivity contribution in [1.29, 1.82) is 0 Å². The molecule has 7 heteroatoms. The van der Waals surface area contributed by atoms with Crippen LogP contribution < -0.4 is 5.73 Å². The topological polar surface area (TPSA) is 78.1 Å². The molecule has 3 rings (SSSR count). The second-order valence-electron chi connectivity index (χ2n) is 4.20. The van der Waals surface area contributed by atoms with Gasteiger partial charge in [-0.05, 0) is 6.07 Å². The standard InChI is InChI=1S/C14H10ClN3O2S/c15-11-8-3-1-2-4-9(8)21-10(11)7-20-14(19)12-13(16)18-6-5-17-12/h1-6H,7H2,(H2,16,18). The first-order chi connectivity index (χ1) is 10.2. The van der Waals surface area contributed by atoms with Crippen molar-refractivity contribution < 1.29 is 9.53 Å². The molecule has 2 N–H and O–H groups in total. The lowest BCUT2D eigenvalue weighted by Crippen LogP contribution is -2.11. The van der Waals surface area contributed by atoms with E-state index in [1.165, 1.54) is 23.7 Å². The molecular formula is C14H10ClN3O2S. The lowest BCUT2D eigenvalue weighted by molar-refractivity contribution is 0.0471. The van der Waals surface area contributed by atoms with Gasteiger partial charge < -0.3 is 10.5 Å². The lowest BCUT2D eigenvalue weighted by atomic mass is 10.2. The number of esters is 1. The lowest BCUT2D eigenvalue weighted by Gasteiger charge is -2.04. The van der Waals surface area contributed by atoms with Crippen LogP contribution in [-0.2, 0) is 11.3 Å². The Hall–Kier alpha value is -2.18. The molecular weight excluding hydrogens is 310 g/mol. The molecule has 0 spiro atoms. The number of carbonyl (C=O) groups is 1. The van der Waals surface area contributed by atoms with Gasteiger partial charge in [-0.15, -0.1) is 11.3 Å². The summed E-state index contributed by atoms with van der Waals surface area (Å²) in [4.78, 5) is 20.4. The molecule has 0 aliphatic carbocycles. The largest absolute Gasteiger partial charge is 0.455 e. The van der Waals surface area contributed by atoms with Gasteiger partial charge in [0.2, 0.25) is 0 Å². The fourth-order valence-electron chi connectivity index (χ4n) is 1.86. The van der Waals surface area contributed by atoms with Crippen molar-refractivity contribution in [3.8, 4) is 0 Å². The number of fused-ring (bicyclic) bond motifs is 1. The number of aromatic nitrogens is 2. The quantitative estimate of drug-likeness (QED) is 0.749. The van der Waals surface area contributed by atoms with Crippen molar-refractivity contribution in [2.24, 2.45) is 0 Å². The minimum Gasteiger partial charge on any atom is -0.455 e. The zero-order valence-corrected chi connectivity index (χ0v) is 12.3.